The summed E-state index contributed by atoms with van der Waals surface area (Å²) in [7, 11) is 0. The highest BCUT2D eigenvalue weighted by molar-refractivity contribution is 6.09. The number of unbranched alkanes of at least 4 members (excludes halogenated alkanes) is 3. The van der Waals surface area contributed by atoms with E-state index in [0.29, 0.717) is 12.1 Å². The van der Waals surface area contributed by atoms with E-state index in [9.17, 15) is 19.8 Å². The Morgan fingerprint density at radius 2 is 1.85 bits per heavy atom. The van der Waals surface area contributed by atoms with Gasteiger partial charge in [0.15, 0.2) is 11.5 Å². The minimum Gasteiger partial charge on any atom is -0.508 e. The highest BCUT2D eigenvalue weighted by Crippen LogP contribution is 2.41. The summed E-state index contributed by atoms with van der Waals surface area (Å²) in [5, 5.41) is 20.7. The molecule has 0 radical (unpaired) electrons. The Kier molecular flexibility index (Phi) is 6.83. The lowest BCUT2D eigenvalue weighted by atomic mass is 9.91. The molecule has 5 nitrogen and oxygen atoms in total. The number of carbonyl (C=O) groups excluding carboxylic acids is 2. The lowest BCUT2D eigenvalue weighted by molar-refractivity contribution is -0.129. The zero-order valence-corrected chi connectivity index (χ0v) is 15.9. The largest absolute Gasteiger partial charge is 0.508 e. The van der Waals surface area contributed by atoms with Crippen LogP contribution in [0.4, 0.5) is 0 Å². The Labute approximate surface area is 155 Å². The van der Waals surface area contributed by atoms with Crippen LogP contribution in [0.1, 0.15) is 64.5 Å². The number of Topliss-reactive ketones (excluding diaryl/α,β-unsaturated/α-hetero) is 1. The molecule has 5 heteroatoms. The monoisotopic (exact) mass is 359 g/mol. The van der Waals surface area contributed by atoms with Gasteiger partial charge >= 0.3 is 0 Å². The minimum atomic E-state index is -0.725. The Bertz CT molecular complexity index is 693. The van der Waals surface area contributed by atoms with Gasteiger partial charge in [-0.15, -0.1) is 0 Å². The Morgan fingerprint density at radius 1 is 1.15 bits per heavy atom. The summed E-state index contributed by atoms with van der Waals surface area (Å²) in [4.78, 5) is 26.9. The number of phenolic OH excluding ortho intramolecular Hbond substituents is 1. The average Bonchev–Trinajstić information content (AvgIpc) is 2.83. The number of aliphatic hydroxyl groups excluding tert-OH is 1. The van der Waals surface area contributed by atoms with E-state index in [-0.39, 0.29) is 29.4 Å². The number of carbonyl (C=O) groups is 2. The third-order valence-corrected chi connectivity index (χ3v) is 4.68. The molecule has 1 aromatic rings. The molecule has 26 heavy (non-hydrogen) atoms. The highest BCUT2D eigenvalue weighted by atomic mass is 16.3. The molecule has 2 N–H and O–H groups in total. The fourth-order valence-electron chi connectivity index (χ4n) is 3.40. The molecule has 142 valence electrons. The van der Waals surface area contributed by atoms with Crippen molar-refractivity contribution in [3.8, 4) is 5.75 Å². The van der Waals surface area contributed by atoms with Crippen LogP contribution in [0.5, 0.6) is 5.75 Å². The van der Waals surface area contributed by atoms with E-state index in [4.69, 9.17) is 0 Å². The van der Waals surface area contributed by atoms with Crippen molar-refractivity contribution in [1.82, 2.24) is 4.90 Å². The van der Waals surface area contributed by atoms with Gasteiger partial charge in [0.1, 0.15) is 5.75 Å². The number of rotatable bonds is 9. The van der Waals surface area contributed by atoms with E-state index in [2.05, 4.69) is 6.92 Å². The molecule has 0 fully saturated rings. The van der Waals surface area contributed by atoms with E-state index in [0.717, 1.165) is 25.7 Å². The molecule has 1 amide bonds. The quantitative estimate of drug-likeness (QED) is 0.645. The third kappa shape index (κ3) is 4.26. The molecule has 0 aromatic heterocycles. The number of nitrogens with zero attached hydrogens (tertiary/aromatic N) is 1. The van der Waals surface area contributed by atoms with Crippen LogP contribution in [0.2, 0.25) is 0 Å². The highest BCUT2D eigenvalue weighted by Gasteiger charge is 2.43. The number of amides is 1. The molecule has 0 aliphatic carbocycles. The molecule has 1 aliphatic heterocycles. The second-order valence-electron chi connectivity index (χ2n) is 7.30. The number of hydrogen-bond acceptors (Lipinski definition) is 4. The zero-order valence-electron chi connectivity index (χ0n) is 15.9. The molecule has 1 aromatic carbocycles. The summed E-state index contributed by atoms with van der Waals surface area (Å²) in [6, 6.07) is 5.97. The number of benzene rings is 1. The number of hydrogen-bond donors (Lipinski definition) is 2. The summed E-state index contributed by atoms with van der Waals surface area (Å²) in [5.41, 5.74) is 0.591. The SMILES string of the molecule is CCCCCCN1C(=O)C(O)=C(C(=O)CC(C)C)C1c1ccccc1O. The first-order valence-electron chi connectivity index (χ1n) is 9.43. The molecule has 1 unspecified atom stereocenters. The second-order valence-corrected chi connectivity index (χ2v) is 7.30. The standard InChI is InChI=1S/C21H29NO4/c1-4-5-6-9-12-22-19(15-10-7-8-11-16(15)23)18(20(25)21(22)26)17(24)13-14(2)3/h7-8,10-11,14,19,23,25H,4-6,9,12-13H2,1-3H3. The summed E-state index contributed by atoms with van der Waals surface area (Å²) < 4.78 is 0. The second kappa shape index (κ2) is 8.88. The van der Waals surface area contributed by atoms with Crippen LogP contribution in [0.25, 0.3) is 0 Å². The van der Waals surface area contributed by atoms with Crippen molar-refractivity contribution in [2.75, 3.05) is 6.54 Å². The van der Waals surface area contributed by atoms with Crippen LogP contribution in [0.3, 0.4) is 0 Å². The van der Waals surface area contributed by atoms with Gasteiger partial charge in [-0.3, -0.25) is 9.59 Å². The molecular weight excluding hydrogens is 330 g/mol. The molecule has 1 aliphatic rings. The summed E-state index contributed by atoms with van der Waals surface area (Å²) >= 11 is 0. The van der Waals surface area contributed by atoms with E-state index in [1.54, 1.807) is 18.2 Å². The average molecular weight is 359 g/mol. The fraction of sp³-hybridized carbons (Fsp3) is 0.524. The lowest BCUT2D eigenvalue weighted by Gasteiger charge is -2.27. The molecule has 1 atom stereocenters. The Balaban J connectivity index is 2.39. The lowest BCUT2D eigenvalue weighted by Crippen LogP contribution is -2.32. The molecule has 0 saturated carbocycles. The number of para-hydroxylation sites is 1. The van der Waals surface area contributed by atoms with E-state index < -0.39 is 17.7 Å². The van der Waals surface area contributed by atoms with Crippen LogP contribution in [0, 0.1) is 5.92 Å². The summed E-state index contributed by atoms with van der Waals surface area (Å²) in [5.74, 6) is -1.11. The van der Waals surface area contributed by atoms with Gasteiger partial charge in [0.2, 0.25) is 0 Å². The molecular formula is C21H29NO4. The Hall–Kier alpha value is -2.30. The van der Waals surface area contributed by atoms with Crippen molar-refractivity contribution in [3.63, 3.8) is 0 Å². The fourth-order valence-corrected chi connectivity index (χ4v) is 3.40. The van der Waals surface area contributed by atoms with Crippen molar-refractivity contribution in [2.24, 2.45) is 5.92 Å². The van der Waals surface area contributed by atoms with Gasteiger partial charge < -0.3 is 15.1 Å². The first-order chi connectivity index (χ1) is 12.4. The normalized spacial score (nSPS) is 17.5. The molecule has 0 spiro atoms. The predicted octanol–water partition coefficient (Wildman–Crippen LogP) is 4.28. The van der Waals surface area contributed by atoms with E-state index >= 15 is 0 Å². The van der Waals surface area contributed by atoms with Gasteiger partial charge in [-0.2, -0.15) is 0 Å². The van der Waals surface area contributed by atoms with Gasteiger partial charge in [0.25, 0.3) is 5.91 Å². The number of ketones is 1. The van der Waals surface area contributed by atoms with Crippen molar-refractivity contribution < 1.29 is 19.8 Å². The van der Waals surface area contributed by atoms with Crippen molar-refractivity contribution in [3.05, 3.63) is 41.2 Å². The van der Waals surface area contributed by atoms with Crippen LogP contribution in [-0.2, 0) is 9.59 Å². The van der Waals surface area contributed by atoms with Gasteiger partial charge in [0, 0.05) is 18.5 Å². The zero-order chi connectivity index (χ0) is 19.3. The predicted molar refractivity (Wildman–Crippen MR) is 101 cm³/mol. The maximum Gasteiger partial charge on any atom is 0.290 e. The topological polar surface area (TPSA) is 77.8 Å². The van der Waals surface area contributed by atoms with Crippen molar-refractivity contribution in [1.29, 1.82) is 0 Å². The first-order valence-corrected chi connectivity index (χ1v) is 9.43. The third-order valence-electron chi connectivity index (χ3n) is 4.68. The number of phenols is 1. The maximum atomic E-state index is 12.8. The number of aliphatic hydroxyl groups is 1. The van der Waals surface area contributed by atoms with E-state index in [1.165, 1.54) is 11.0 Å². The van der Waals surface area contributed by atoms with Crippen LogP contribution >= 0.6 is 0 Å². The van der Waals surface area contributed by atoms with Crippen LogP contribution in [-0.4, -0.2) is 33.3 Å². The molecule has 1 heterocycles. The van der Waals surface area contributed by atoms with Gasteiger partial charge in [0.05, 0.1) is 11.6 Å². The minimum absolute atomic E-state index is 0.0217. The molecule has 2 rings (SSSR count). The molecule has 0 saturated heterocycles. The first kappa shape index (κ1) is 20.0. The van der Waals surface area contributed by atoms with Crippen molar-refractivity contribution >= 4 is 11.7 Å². The number of aromatic hydroxyl groups is 1. The van der Waals surface area contributed by atoms with Gasteiger partial charge in [-0.1, -0.05) is 58.2 Å². The summed E-state index contributed by atoms with van der Waals surface area (Å²) in [6.45, 7) is 6.40. The maximum absolute atomic E-state index is 12.8. The van der Waals surface area contributed by atoms with Crippen LogP contribution in [0.15, 0.2) is 35.6 Å². The van der Waals surface area contributed by atoms with Gasteiger partial charge in [-0.25, -0.2) is 0 Å². The van der Waals surface area contributed by atoms with E-state index in [1.807, 2.05) is 13.8 Å². The smallest absolute Gasteiger partial charge is 0.290 e. The van der Waals surface area contributed by atoms with Gasteiger partial charge in [-0.05, 0) is 18.4 Å². The Morgan fingerprint density at radius 3 is 2.46 bits per heavy atom. The summed E-state index contributed by atoms with van der Waals surface area (Å²) in [6.07, 6.45) is 4.17. The van der Waals surface area contributed by atoms with Crippen molar-refractivity contribution in [2.45, 2.75) is 58.9 Å². The van der Waals surface area contributed by atoms with Crippen LogP contribution < -0.4 is 0 Å². The molecule has 0 bridgehead atoms.